The smallest absolute Gasteiger partial charge is 0.262 e. The molecule has 0 aliphatic heterocycles. The SMILES string of the molecule is CCOc1cc(C(c2c(O)n(C)c(=S)n(C)c2=O)c2c(O)n(C)c(=S)n(C)c2=O)cc(Cl)c1OCc1ccc(C)cc1. The summed E-state index contributed by atoms with van der Waals surface area (Å²) in [6.45, 7) is 4.24. The van der Waals surface area contributed by atoms with Crippen LogP contribution in [0.3, 0.4) is 0 Å². The van der Waals surface area contributed by atoms with Crippen molar-refractivity contribution >= 4 is 36.0 Å². The highest BCUT2D eigenvalue weighted by Crippen LogP contribution is 2.44. The van der Waals surface area contributed by atoms with Crippen molar-refractivity contribution < 1.29 is 19.7 Å². The number of aromatic hydroxyl groups is 2. The molecule has 2 heterocycles. The summed E-state index contributed by atoms with van der Waals surface area (Å²) < 4.78 is 16.9. The molecular formula is C29H31ClN4O6S2. The molecule has 0 atom stereocenters. The third-order valence-corrected chi connectivity index (χ3v) is 8.46. The van der Waals surface area contributed by atoms with Crippen LogP contribution in [0.4, 0.5) is 0 Å². The van der Waals surface area contributed by atoms with Gasteiger partial charge in [0.05, 0.1) is 28.7 Å². The fraction of sp³-hybridized carbons (Fsp3) is 0.310. The molecule has 0 radical (unpaired) electrons. The number of hydrogen-bond acceptors (Lipinski definition) is 8. The Kier molecular flexibility index (Phi) is 9.00. The average Bonchev–Trinajstić information content (AvgIpc) is 2.96. The lowest BCUT2D eigenvalue weighted by Crippen LogP contribution is -2.33. The van der Waals surface area contributed by atoms with Gasteiger partial charge < -0.3 is 19.7 Å². The number of ether oxygens (including phenoxy) is 2. The first kappa shape index (κ1) is 31.1. The largest absolute Gasteiger partial charge is 0.494 e. The normalized spacial score (nSPS) is 11.2. The van der Waals surface area contributed by atoms with Crippen LogP contribution in [0.2, 0.25) is 5.02 Å². The molecule has 0 amide bonds. The minimum atomic E-state index is -1.31. The van der Waals surface area contributed by atoms with Crippen LogP contribution >= 0.6 is 36.0 Å². The van der Waals surface area contributed by atoms with Gasteiger partial charge in [-0.3, -0.25) is 27.9 Å². The Morgan fingerprint density at radius 1 is 0.833 bits per heavy atom. The second kappa shape index (κ2) is 12.2. The molecule has 42 heavy (non-hydrogen) atoms. The van der Waals surface area contributed by atoms with Crippen molar-refractivity contribution in [3.8, 4) is 23.3 Å². The van der Waals surface area contributed by atoms with E-state index >= 15 is 0 Å². The zero-order valence-electron chi connectivity index (χ0n) is 24.0. The maximum atomic E-state index is 13.7. The van der Waals surface area contributed by atoms with Crippen molar-refractivity contribution in [3.05, 3.63) is 99.5 Å². The van der Waals surface area contributed by atoms with Crippen molar-refractivity contribution in [2.45, 2.75) is 26.4 Å². The lowest BCUT2D eigenvalue weighted by molar-refractivity contribution is 0.269. The first-order chi connectivity index (χ1) is 19.8. The molecular weight excluding hydrogens is 600 g/mol. The maximum Gasteiger partial charge on any atom is 0.262 e. The van der Waals surface area contributed by atoms with Crippen LogP contribution in [0.15, 0.2) is 46.0 Å². The first-order valence-electron chi connectivity index (χ1n) is 12.9. The van der Waals surface area contributed by atoms with Crippen molar-refractivity contribution in [1.29, 1.82) is 0 Å². The fourth-order valence-electron chi connectivity index (χ4n) is 4.70. The standard InChI is InChI=1S/C29H31ClN4O6S2/c1-7-39-19-13-17(12-18(30)23(19)40-14-16-10-8-15(2)9-11-16)20(21-24(35)31(3)28(41)32(4)25(21)36)22-26(37)33(5)29(42)34(6)27(22)38/h8-13,20,35,37H,7,14H2,1-6H3. The van der Waals surface area contributed by atoms with E-state index in [0.29, 0.717) is 0 Å². The van der Waals surface area contributed by atoms with Crippen LogP contribution in [-0.2, 0) is 34.8 Å². The minimum Gasteiger partial charge on any atom is -0.494 e. The van der Waals surface area contributed by atoms with E-state index < -0.39 is 28.8 Å². The summed E-state index contributed by atoms with van der Waals surface area (Å²) in [5.41, 5.74) is 0.564. The molecule has 0 aliphatic rings. The van der Waals surface area contributed by atoms with Gasteiger partial charge in [-0.1, -0.05) is 41.4 Å². The van der Waals surface area contributed by atoms with E-state index in [1.165, 1.54) is 52.5 Å². The zero-order chi connectivity index (χ0) is 31.0. The van der Waals surface area contributed by atoms with E-state index in [1.54, 1.807) is 13.0 Å². The summed E-state index contributed by atoms with van der Waals surface area (Å²) >= 11 is 17.4. The summed E-state index contributed by atoms with van der Waals surface area (Å²) in [6.07, 6.45) is 0. The Morgan fingerprint density at radius 2 is 1.33 bits per heavy atom. The molecule has 0 spiro atoms. The summed E-state index contributed by atoms with van der Waals surface area (Å²) in [5.74, 6) is -1.76. The predicted molar refractivity (Wildman–Crippen MR) is 165 cm³/mol. The van der Waals surface area contributed by atoms with Crippen molar-refractivity contribution in [1.82, 2.24) is 18.3 Å². The van der Waals surface area contributed by atoms with Gasteiger partial charge in [0.2, 0.25) is 11.8 Å². The summed E-state index contributed by atoms with van der Waals surface area (Å²) in [7, 11) is 5.89. The lowest BCUT2D eigenvalue weighted by Gasteiger charge is -2.24. The minimum absolute atomic E-state index is 0.0523. The molecule has 2 aromatic heterocycles. The third-order valence-electron chi connectivity index (χ3n) is 7.08. The van der Waals surface area contributed by atoms with E-state index in [2.05, 4.69) is 0 Å². The number of nitrogens with zero attached hydrogens (tertiary/aromatic N) is 4. The van der Waals surface area contributed by atoms with Gasteiger partial charge in [0.1, 0.15) is 6.61 Å². The van der Waals surface area contributed by atoms with Gasteiger partial charge in [0, 0.05) is 28.2 Å². The van der Waals surface area contributed by atoms with E-state index in [-0.39, 0.29) is 56.0 Å². The molecule has 0 unspecified atom stereocenters. The molecule has 2 aromatic carbocycles. The summed E-state index contributed by atoms with van der Waals surface area (Å²) in [4.78, 5) is 27.3. The fourth-order valence-corrected chi connectivity index (χ4v) is 5.31. The predicted octanol–water partition coefficient (Wildman–Crippen LogP) is 4.75. The van der Waals surface area contributed by atoms with Gasteiger partial charge in [0.15, 0.2) is 21.0 Å². The van der Waals surface area contributed by atoms with E-state index in [1.807, 2.05) is 31.2 Å². The number of aromatic nitrogens is 4. The average molecular weight is 631 g/mol. The number of hydrogen-bond donors (Lipinski definition) is 2. The van der Waals surface area contributed by atoms with Crippen LogP contribution in [0.5, 0.6) is 23.3 Å². The number of aryl methyl sites for hydroxylation is 1. The Labute approximate surface area is 257 Å². The highest BCUT2D eigenvalue weighted by molar-refractivity contribution is 7.71. The van der Waals surface area contributed by atoms with E-state index in [4.69, 9.17) is 45.5 Å². The van der Waals surface area contributed by atoms with Crippen LogP contribution in [-0.4, -0.2) is 35.1 Å². The van der Waals surface area contributed by atoms with E-state index in [9.17, 15) is 19.8 Å². The second-order valence-corrected chi connectivity index (χ2v) is 11.0. The molecule has 0 saturated heterocycles. The molecule has 4 rings (SSSR count). The topological polar surface area (TPSA) is 113 Å². The molecule has 13 heteroatoms. The molecule has 222 valence electrons. The Bertz CT molecular complexity index is 1840. The molecule has 2 N–H and O–H groups in total. The van der Waals surface area contributed by atoms with Crippen LogP contribution in [0, 0.1) is 16.5 Å². The summed E-state index contributed by atoms with van der Waals surface area (Å²) in [6, 6.07) is 10.9. The quantitative estimate of drug-likeness (QED) is 0.268. The van der Waals surface area contributed by atoms with Crippen molar-refractivity contribution in [2.75, 3.05) is 6.61 Å². The maximum absolute atomic E-state index is 13.7. The highest BCUT2D eigenvalue weighted by atomic mass is 35.5. The van der Waals surface area contributed by atoms with Crippen molar-refractivity contribution in [3.63, 3.8) is 0 Å². The van der Waals surface area contributed by atoms with Gasteiger partial charge in [-0.2, -0.15) is 0 Å². The van der Waals surface area contributed by atoms with Gasteiger partial charge in [-0.05, 0) is 61.5 Å². The van der Waals surface area contributed by atoms with Gasteiger partial charge in [-0.15, -0.1) is 0 Å². The molecule has 0 aliphatic carbocycles. The Balaban J connectivity index is 2.04. The molecule has 4 aromatic rings. The molecule has 0 fully saturated rings. The summed E-state index contributed by atoms with van der Waals surface area (Å²) in [5, 5.41) is 22.6. The second-order valence-electron chi connectivity index (χ2n) is 9.86. The van der Waals surface area contributed by atoms with Crippen LogP contribution in [0.1, 0.15) is 40.7 Å². The van der Waals surface area contributed by atoms with E-state index in [0.717, 1.165) is 11.1 Å². The van der Waals surface area contributed by atoms with Crippen LogP contribution in [0.25, 0.3) is 0 Å². The monoisotopic (exact) mass is 630 g/mol. The first-order valence-corrected chi connectivity index (χ1v) is 14.1. The number of rotatable bonds is 8. The van der Waals surface area contributed by atoms with Gasteiger partial charge in [0.25, 0.3) is 11.1 Å². The van der Waals surface area contributed by atoms with Crippen LogP contribution < -0.4 is 20.6 Å². The van der Waals surface area contributed by atoms with Gasteiger partial charge >= 0.3 is 0 Å². The Morgan fingerprint density at radius 3 is 1.81 bits per heavy atom. The Hall–Kier alpha value is -3.87. The molecule has 10 nitrogen and oxygen atoms in total. The van der Waals surface area contributed by atoms with Crippen molar-refractivity contribution in [2.24, 2.45) is 28.2 Å². The molecule has 0 saturated carbocycles. The zero-order valence-corrected chi connectivity index (χ0v) is 26.4. The van der Waals surface area contributed by atoms with Gasteiger partial charge in [-0.25, -0.2) is 0 Å². The lowest BCUT2D eigenvalue weighted by atomic mass is 9.86. The third kappa shape index (κ3) is 5.49. The number of halogens is 1. The highest BCUT2D eigenvalue weighted by Gasteiger charge is 2.33. The molecule has 0 bridgehead atoms. The number of benzene rings is 2.